The molecule has 0 saturated carbocycles. The van der Waals surface area contributed by atoms with Gasteiger partial charge in [-0.2, -0.15) is 0 Å². The molecule has 0 bridgehead atoms. The third-order valence-corrected chi connectivity index (χ3v) is 5.86. The molecule has 2 saturated heterocycles. The lowest BCUT2D eigenvalue weighted by molar-refractivity contribution is -0.136. The molecule has 1 amide bonds. The van der Waals surface area contributed by atoms with Crippen molar-refractivity contribution in [2.75, 3.05) is 19.7 Å². The van der Waals surface area contributed by atoms with Gasteiger partial charge in [-0.25, -0.2) is 0 Å². The van der Waals surface area contributed by atoms with Crippen LogP contribution in [-0.4, -0.2) is 37.2 Å². The first-order chi connectivity index (χ1) is 9.98. The Labute approximate surface area is 129 Å². The normalized spacial score (nSPS) is 32.3. The van der Waals surface area contributed by atoms with Crippen LogP contribution in [-0.2, 0) is 9.53 Å². The monoisotopic (exact) mass is 296 g/mol. The van der Waals surface area contributed by atoms with Crippen LogP contribution in [0, 0.1) is 11.3 Å². The van der Waals surface area contributed by atoms with Crippen LogP contribution in [0.5, 0.6) is 0 Å². The van der Waals surface area contributed by atoms with Gasteiger partial charge in [0.1, 0.15) is 0 Å². The van der Waals surface area contributed by atoms with Gasteiger partial charge in [0.2, 0.25) is 5.91 Å². The van der Waals surface area contributed by atoms with E-state index in [1.54, 1.807) is 0 Å². The fraction of sp³-hybridized carbons (Fsp3) is 0.941. The van der Waals surface area contributed by atoms with Crippen molar-refractivity contribution < 1.29 is 9.53 Å². The van der Waals surface area contributed by atoms with Crippen LogP contribution >= 0.6 is 0 Å². The number of ether oxygens (including phenoxy) is 1. The standard InChI is InChI=1S/C17H32N2O2/c1-5-16(6-2)11-14(7-10-21-16)19-15(20)17(13(3)4)8-9-18-12-17/h13-14,18H,5-12H2,1-4H3,(H,19,20). The molecule has 2 unspecified atom stereocenters. The van der Waals surface area contributed by atoms with E-state index in [4.69, 9.17) is 4.74 Å². The number of carbonyl (C=O) groups is 1. The summed E-state index contributed by atoms with van der Waals surface area (Å²) >= 11 is 0. The summed E-state index contributed by atoms with van der Waals surface area (Å²) in [6.45, 7) is 11.2. The summed E-state index contributed by atoms with van der Waals surface area (Å²) < 4.78 is 6.01. The van der Waals surface area contributed by atoms with Gasteiger partial charge in [-0.3, -0.25) is 4.79 Å². The maximum atomic E-state index is 12.9. The van der Waals surface area contributed by atoms with Gasteiger partial charge < -0.3 is 15.4 Å². The van der Waals surface area contributed by atoms with Crippen molar-refractivity contribution in [2.24, 2.45) is 11.3 Å². The van der Waals surface area contributed by atoms with E-state index in [1.807, 2.05) is 0 Å². The van der Waals surface area contributed by atoms with Crippen molar-refractivity contribution in [1.82, 2.24) is 10.6 Å². The van der Waals surface area contributed by atoms with E-state index in [0.717, 1.165) is 51.8 Å². The summed E-state index contributed by atoms with van der Waals surface area (Å²) in [7, 11) is 0. The Morgan fingerprint density at radius 3 is 2.62 bits per heavy atom. The SMILES string of the molecule is CCC1(CC)CC(NC(=O)C2(C(C)C)CCNC2)CCO1. The van der Waals surface area contributed by atoms with Gasteiger partial charge in [-0.05, 0) is 44.6 Å². The maximum Gasteiger partial charge on any atom is 0.228 e. The Hall–Kier alpha value is -0.610. The van der Waals surface area contributed by atoms with E-state index in [1.165, 1.54) is 0 Å². The maximum absolute atomic E-state index is 12.9. The summed E-state index contributed by atoms with van der Waals surface area (Å²) in [5.74, 6) is 0.616. The van der Waals surface area contributed by atoms with Gasteiger partial charge in [0.25, 0.3) is 0 Å². The number of hydrogen-bond acceptors (Lipinski definition) is 3. The van der Waals surface area contributed by atoms with Gasteiger partial charge in [0, 0.05) is 19.2 Å². The smallest absolute Gasteiger partial charge is 0.228 e. The first-order valence-corrected chi connectivity index (χ1v) is 8.63. The van der Waals surface area contributed by atoms with Gasteiger partial charge in [-0.1, -0.05) is 27.7 Å². The molecule has 21 heavy (non-hydrogen) atoms. The summed E-state index contributed by atoms with van der Waals surface area (Å²) in [4.78, 5) is 12.9. The van der Waals surface area contributed by atoms with Gasteiger partial charge >= 0.3 is 0 Å². The van der Waals surface area contributed by atoms with Crippen LogP contribution < -0.4 is 10.6 Å². The Bertz CT molecular complexity index is 358. The third-order valence-electron chi connectivity index (χ3n) is 5.86. The summed E-state index contributed by atoms with van der Waals surface area (Å²) in [5.41, 5.74) is -0.255. The van der Waals surface area contributed by atoms with Crippen molar-refractivity contribution in [3.05, 3.63) is 0 Å². The highest BCUT2D eigenvalue weighted by atomic mass is 16.5. The van der Waals surface area contributed by atoms with Crippen LogP contribution in [0.15, 0.2) is 0 Å². The molecule has 0 radical (unpaired) electrons. The average molecular weight is 296 g/mol. The second-order valence-corrected chi connectivity index (χ2v) is 7.14. The lowest BCUT2D eigenvalue weighted by Crippen LogP contribution is -2.53. The molecule has 2 fully saturated rings. The molecule has 0 aromatic rings. The second-order valence-electron chi connectivity index (χ2n) is 7.14. The van der Waals surface area contributed by atoms with Gasteiger partial charge in [-0.15, -0.1) is 0 Å². The number of rotatable bonds is 5. The van der Waals surface area contributed by atoms with Crippen LogP contribution in [0.4, 0.5) is 0 Å². The topological polar surface area (TPSA) is 50.4 Å². The fourth-order valence-corrected chi connectivity index (χ4v) is 3.88. The van der Waals surface area contributed by atoms with E-state index >= 15 is 0 Å². The molecular weight excluding hydrogens is 264 g/mol. The van der Waals surface area contributed by atoms with E-state index in [-0.39, 0.29) is 23.0 Å². The minimum Gasteiger partial charge on any atom is -0.375 e. The molecule has 2 rings (SSSR count). The molecule has 0 aromatic heterocycles. The predicted octanol–water partition coefficient (Wildman–Crippen LogP) is 2.48. The molecule has 2 aliphatic rings. The number of hydrogen-bond donors (Lipinski definition) is 2. The first-order valence-electron chi connectivity index (χ1n) is 8.63. The van der Waals surface area contributed by atoms with Crippen LogP contribution in [0.1, 0.15) is 59.8 Å². The van der Waals surface area contributed by atoms with Gasteiger partial charge in [0.05, 0.1) is 11.0 Å². The molecule has 0 spiro atoms. The van der Waals surface area contributed by atoms with Gasteiger partial charge in [0.15, 0.2) is 0 Å². The lowest BCUT2D eigenvalue weighted by atomic mass is 9.75. The summed E-state index contributed by atoms with van der Waals surface area (Å²) in [6, 6.07) is 0.266. The fourth-order valence-electron chi connectivity index (χ4n) is 3.88. The Kier molecular flexibility index (Phi) is 5.31. The molecule has 2 heterocycles. The first kappa shape index (κ1) is 16.8. The minimum atomic E-state index is -0.223. The molecule has 122 valence electrons. The van der Waals surface area contributed by atoms with E-state index < -0.39 is 0 Å². The largest absolute Gasteiger partial charge is 0.375 e. The predicted molar refractivity (Wildman–Crippen MR) is 85.2 cm³/mol. The molecule has 4 heteroatoms. The van der Waals surface area contributed by atoms with E-state index in [0.29, 0.717) is 5.92 Å². The molecule has 0 aliphatic carbocycles. The van der Waals surface area contributed by atoms with Crippen LogP contribution in [0.3, 0.4) is 0 Å². The molecule has 0 aromatic carbocycles. The minimum absolute atomic E-state index is 0.0326. The Balaban J connectivity index is 2.02. The highest BCUT2D eigenvalue weighted by molar-refractivity contribution is 5.84. The highest BCUT2D eigenvalue weighted by Crippen LogP contribution is 2.36. The number of amides is 1. The van der Waals surface area contributed by atoms with Crippen LogP contribution in [0.2, 0.25) is 0 Å². The summed E-state index contributed by atoms with van der Waals surface area (Å²) in [5, 5.41) is 6.71. The highest BCUT2D eigenvalue weighted by Gasteiger charge is 2.45. The molecule has 4 nitrogen and oxygen atoms in total. The van der Waals surface area contributed by atoms with Crippen molar-refractivity contribution >= 4 is 5.91 Å². The molecule has 2 aliphatic heterocycles. The summed E-state index contributed by atoms with van der Waals surface area (Å²) in [6.07, 6.45) is 4.88. The molecular formula is C17H32N2O2. The van der Waals surface area contributed by atoms with Crippen molar-refractivity contribution in [1.29, 1.82) is 0 Å². The lowest BCUT2D eigenvalue weighted by Gasteiger charge is -2.41. The van der Waals surface area contributed by atoms with Crippen molar-refractivity contribution in [2.45, 2.75) is 71.4 Å². The van der Waals surface area contributed by atoms with E-state index in [2.05, 4.69) is 38.3 Å². The molecule has 2 atom stereocenters. The zero-order valence-electron chi connectivity index (χ0n) is 14.1. The van der Waals surface area contributed by atoms with Crippen molar-refractivity contribution in [3.63, 3.8) is 0 Å². The van der Waals surface area contributed by atoms with Crippen molar-refractivity contribution in [3.8, 4) is 0 Å². The average Bonchev–Trinajstić information content (AvgIpc) is 2.98. The number of carbonyl (C=O) groups excluding carboxylic acids is 1. The Morgan fingerprint density at radius 2 is 2.10 bits per heavy atom. The number of nitrogens with one attached hydrogen (secondary N) is 2. The zero-order chi connectivity index (χ0) is 15.5. The third kappa shape index (κ3) is 3.26. The molecule has 2 N–H and O–H groups in total. The second kappa shape index (κ2) is 6.66. The zero-order valence-corrected chi connectivity index (χ0v) is 14.1. The quantitative estimate of drug-likeness (QED) is 0.819. The van der Waals surface area contributed by atoms with E-state index in [9.17, 15) is 4.79 Å². The van der Waals surface area contributed by atoms with Crippen LogP contribution in [0.25, 0.3) is 0 Å². The Morgan fingerprint density at radius 1 is 1.38 bits per heavy atom.